The lowest BCUT2D eigenvalue weighted by Crippen LogP contribution is -2.35. The molecule has 7 heteroatoms. The Hall–Kier alpha value is -1.04. The van der Waals surface area contributed by atoms with Crippen LogP contribution in [0.25, 0.3) is 0 Å². The van der Waals surface area contributed by atoms with Crippen LogP contribution in [0.5, 0.6) is 5.75 Å². The van der Waals surface area contributed by atoms with Gasteiger partial charge in [-0.05, 0) is 25.1 Å². The van der Waals surface area contributed by atoms with Crippen molar-refractivity contribution >= 4 is 30.7 Å². The third kappa shape index (κ3) is 10.6. The molecule has 1 aromatic rings. The van der Waals surface area contributed by atoms with E-state index in [0.717, 1.165) is 19.5 Å². The zero-order chi connectivity index (χ0) is 12.3. The standard InChI is InChI=1S/C12H19N3O2.2ClH/c1-2-5-13-7-8-15-12(16)10-17-11-4-3-6-14-9-11;;/h3-4,6,9,13H,2,5,7-8,10H2,1H3,(H,15,16);2*1H. The van der Waals surface area contributed by atoms with Crippen molar-refractivity contribution in [2.75, 3.05) is 26.2 Å². The maximum Gasteiger partial charge on any atom is 0.257 e. The molecule has 0 atom stereocenters. The van der Waals surface area contributed by atoms with Gasteiger partial charge in [-0.15, -0.1) is 24.8 Å². The highest BCUT2D eigenvalue weighted by atomic mass is 35.5. The van der Waals surface area contributed by atoms with Crippen molar-refractivity contribution in [2.45, 2.75) is 13.3 Å². The zero-order valence-corrected chi connectivity index (χ0v) is 12.6. The van der Waals surface area contributed by atoms with E-state index < -0.39 is 0 Å². The fourth-order valence-electron chi connectivity index (χ4n) is 1.22. The number of amides is 1. The van der Waals surface area contributed by atoms with Crippen LogP contribution in [0.15, 0.2) is 24.5 Å². The first kappa shape index (κ1) is 20.3. The molecule has 1 amide bonds. The van der Waals surface area contributed by atoms with E-state index in [1.807, 2.05) is 0 Å². The monoisotopic (exact) mass is 309 g/mol. The molecule has 0 aliphatic rings. The maximum atomic E-state index is 11.4. The van der Waals surface area contributed by atoms with Gasteiger partial charge >= 0.3 is 0 Å². The minimum Gasteiger partial charge on any atom is -0.482 e. The van der Waals surface area contributed by atoms with Gasteiger partial charge in [0, 0.05) is 19.3 Å². The Balaban J connectivity index is 0. The fraction of sp³-hybridized carbons (Fsp3) is 0.500. The Labute approximate surface area is 126 Å². The Morgan fingerprint density at radius 1 is 1.32 bits per heavy atom. The molecule has 0 aromatic carbocycles. The summed E-state index contributed by atoms with van der Waals surface area (Å²) in [4.78, 5) is 15.3. The van der Waals surface area contributed by atoms with E-state index in [9.17, 15) is 4.79 Å². The molecule has 0 unspecified atom stereocenters. The maximum absolute atomic E-state index is 11.4. The highest BCUT2D eigenvalue weighted by Crippen LogP contribution is 2.04. The van der Waals surface area contributed by atoms with E-state index in [1.165, 1.54) is 0 Å². The summed E-state index contributed by atoms with van der Waals surface area (Å²) in [6.45, 7) is 4.51. The SMILES string of the molecule is CCCNCCNC(=O)COc1cccnc1.Cl.Cl. The van der Waals surface area contributed by atoms with Crippen molar-refractivity contribution in [1.82, 2.24) is 15.6 Å². The molecular formula is C12H21Cl2N3O2. The van der Waals surface area contributed by atoms with Crippen LogP contribution < -0.4 is 15.4 Å². The number of pyridine rings is 1. The molecule has 0 spiro atoms. The minimum atomic E-state index is -0.118. The second kappa shape index (κ2) is 13.4. The van der Waals surface area contributed by atoms with E-state index >= 15 is 0 Å². The molecule has 0 fully saturated rings. The van der Waals surface area contributed by atoms with Crippen molar-refractivity contribution < 1.29 is 9.53 Å². The Morgan fingerprint density at radius 3 is 2.74 bits per heavy atom. The molecule has 19 heavy (non-hydrogen) atoms. The van der Waals surface area contributed by atoms with E-state index in [4.69, 9.17) is 4.74 Å². The first-order valence-corrected chi connectivity index (χ1v) is 5.83. The number of rotatable bonds is 8. The van der Waals surface area contributed by atoms with Crippen LogP contribution in [0.2, 0.25) is 0 Å². The van der Waals surface area contributed by atoms with Gasteiger partial charge in [0.1, 0.15) is 5.75 Å². The second-order valence-electron chi connectivity index (χ2n) is 3.58. The van der Waals surface area contributed by atoms with Crippen molar-refractivity contribution in [1.29, 1.82) is 0 Å². The predicted octanol–water partition coefficient (Wildman–Crippen LogP) is 1.42. The first-order chi connectivity index (χ1) is 8.33. The molecule has 0 aliphatic heterocycles. The lowest BCUT2D eigenvalue weighted by molar-refractivity contribution is -0.123. The molecule has 1 aromatic heterocycles. The third-order valence-corrected chi connectivity index (χ3v) is 2.06. The zero-order valence-electron chi connectivity index (χ0n) is 10.9. The van der Waals surface area contributed by atoms with Crippen LogP contribution in [0.3, 0.4) is 0 Å². The number of hydrogen-bond donors (Lipinski definition) is 2. The molecule has 0 radical (unpaired) electrons. The van der Waals surface area contributed by atoms with Gasteiger partial charge in [-0.1, -0.05) is 6.92 Å². The highest BCUT2D eigenvalue weighted by molar-refractivity contribution is 5.85. The van der Waals surface area contributed by atoms with Gasteiger partial charge in [0.15, 0.2) is 6.61 Å². The number of ether oxygens (including phenoxy) is 1. The highest BCUT2D eigenvalue weighted by Gasteiger charge is 2.01. The summed E-state index contributed by atoms with van der Waals surface area (Å²) < 4.78 is 5.25. The summed E-state index contributed by atoms with van der Waals surface area (Å²) in [5, 5.41) is 5.96. The number of aromatic nitrogens is 1. The molecule has 0 aliphatic carbocycles. The third-order valence-electron chi connectivity index (χ3n) is 2.06. The lowest BCUT2D eigenvalue weighted by Gasteiger charge is -2.07. The van der Waals surface area contributed by atoms with E-state index in [-0.39, 0.29) is 37.3 Å². The summed E-state index contributed by atoms with van der Waals surface area (Å²) in [5.41, 5.74) is 0. The second-order valence-corrected chi connectivity index (χ2v) is 3.58. The van der Waals surface area contributed by atoms with Crippen LogP contribution >= 0.6 is 24.8 Å². The normalized spacial score (nSPS) is 8.89. The average molecular weight is 310 g/mol. The Morgan fingerprint density at radius 2 is 2.11 bits per heavy atom. The van der Waals surface area contributed by atoms with Crippen LogP contribution in [0, 0.1) is 0 Å². The Bertz CT molecular complexity index is 326. The number of hydrogen-bond acceptors (Lipinski definition) is 4. The van der Waals surface area contributed by atoms with Gasteiger partial charge in [-0.2, -0.15) is 0 Å². The number of nitrogens with zero attached hydrogens (tertiary/aromatic N) is 1. The van der Waals surface area contributed by atoms with Gasteiger partial charge in [0.05, 0.1) is 6.20 Å². The average Bonchev–Trinajstić information content (AvgIpc) is 2.37. The number of halogens is 2. The smallest absolute Gasteiger partial charge is 0.257 e. The van der Waals surface area contributed by atoms with Crippen molar-refractivity contribution in [2.24, 2.45) is 0 Å². The molecule has 2 N–H and O–H groups in total. The van der Waals surface area contributed by atoms with E-state index in [0.29, 0.717) is 12.3 Å². The summed E-state index contributed by atoms with van der Waals surface area (Å²) in [6.07, 6.45) is 4.33. The van der Waals surface area contributed by atoms with Gasteiger partial charge in [0.2, 0.25) is 0 Å². The quantitative estimate of drug-likeness (QED) is 0.713. The van der Waals surface area contributed by atoms with Crippen LogP contribution in [-0.2, 0) is 4.79 Å². The summed E-state index contributed by atoms with van der Waals surface area (Å²) >= 11 is 0. The largest absolute Gasteiger partial charge is 0.482 e. The van der Waals surface area contributed by atoms with Crippen LogP contribution in [0.1, 0.15) is 13.3 Å². The van der Waals surface area contributed by atoms with Crippen molar-refractivity contribution in [3.05, 3.63) is 24.5 Å². The van der Waals surface area contributed by atoms with Gasteiger partial charge in [-0.25, -0.2) is 0 Å². The van der Waals surface area contributed by atoms with E-state index in [2.05, 4.69) is 22.5 Å². The van der Waals surface area contributed by atoms with Gasteiger partial charge < -0.3 is 15.4 Å². The number of carbonyl (C=O) groups is 1. The van der Waals surface area contributed by atoms with Gasteiger partial charge in [-0.3, -0.25) is 9.78 Å². The molecule has 5 nitrogen and oxygen atoms in total. The van der Waals surface area contributed by atoms with Crippen molar-refractivity contribution in [3.8, 4) is 5.75 Å². The molecule has 0 saturated carbocycles. The summed E-state index contributed by atoms with van der Waals surface area (Å²) in [6, 6.07) is 3.53. The molecule has 1 heterocycles. The predicted molar refractivity (Wildman–Crippen MR) is 80.4 cm³/mol. The molecule has 1 rings (SSSR count). The molecule has 0 saturated heterocycles. The summed E-state index contributed by atoms with van der Waals surface area (Å²) in [5.74, 6) is 0.485. The topological polar surface area (TPSA) is 63.2 Å². The minimum absolute atomic E-state index is 0. The van der Waals surface area contributed by atoms with E-state index in [1.54, 1.807) is 24.5 Å². The van der Waals surface area contributed by atoms with Gasteiger partial charge in [0.25, 0.3) is 5.91 Å². The lowest BCUT2D eigenvalue weighted by atomic mass is 10.4. The number of carbonyl (C=O) groups excluding carboxylic acids is 1. The molecule has 110 valence electrons. The fourth-order valence-corrected chi connectivity index (χ4v) is 1.22. The molecular weight excluding hydrogens is 289 g/mol. The number of nitrogens with one attached hydrogen (secondary N) is 2. The first-order valence-electron chi connectivity index (χ1n) is 5.83. The Kier molecular flexibility index (Phi) is 14.3. The van der Waals surface area contributed by atoms with Crippen LogP contribution in [0.4, 0.5) is 0 Å². The van der Waals surface area contributed by atoms with Crippen molar-refractivity contribution in [3.63, 3.8) is 0 Å². The van der Waals surface area contributed by atoms with Crippen LogP contribution in [-0.4, -0.2) is 37.1 Å². The molecule has 0 bridgehead atoms. The summed E-state index contributed by atoms with van der Waals surface area (Å²) in [7, 11) is 0.